The van der Waals surface area contributed by atoms with E-state index in [9.17, 15) is 9.59 Å². The van der Waals surface area contributed by atoms with Crippen molar-refractivity contribution < 1.29 is 14.3 Å². The molecule has 0 bridgehead atoms. The van der Waals surface area contributed by atoms with Crippen LogP contribution in [-0.4, -0.2) is 46.2 Å². The molecule has 1 aromatic carbocycles. The van der Waals surface area contributed by atoms with E-state index in [1.165, 1.54) is 11.3 Å². The number of thiophene rings is 1. The smallest absolute Gasteiger partial charge is 0.262 e. The van der Waals surface area contributed by atoms with Gasteiger partial charge in [0.2, 0.25) is 5.91 Å². The summed E-state index contributed by atoms with van der Waals surface area (Å²) in [7, 11) is 0. The van der Waals surface area contributed by atoms with Crippen LogP contribution in [0.25, 0.3) is 10.2 Å². The molecule has 1 atom stereocenters. The van der Waals surface area contributed by atoms with Crippen molar-refractivity contribution in [2.75, 3.05) is 19.8 Å². The number of carbonyl (C=O) groups is 1. The Labute approximate surface area is 184 Å². The van der Waals surface area contributed by atoms with Gasteiger partial charge in [-0.25, -0.2) is 4.98 Å². The van der Waals surface area contributed by atoms with Crippen LogP contribution in [0.5, 0.6) is 0 Å². The van der Waals surface area contributed by atoms with Crippen LogP contribution < -0.4 is 5.56 Å². The van der Waals surface area contributed by atoms with E-state index < -0.39 is 0 Å². The van der Waals surface area contributed by atoms with E-state index in [-0.39, 0.29) is 24.2 Å². The summed E-state index contributed by atoms with van der Waals surface area (Å²) >= 11 is 1.52. The highest BCUT2D eigenvalue weighted by Crippen LogP contribution is 2.32. The standard InChI is InChI=1S/C23H25N3O4S/c27-20(14-29-13-16-5-2-1-3-6-16)25-9-8-18-19(12-25)31-22-21(18)23(28)26(15-24-22)11-17-7-4-10-30-17/h1-3,5-6,15,17H,4,7-14H2. The minimum atomic E-state index is -0.0252. The first-order chi connectivity index (χ1) is 15.2. The Morgan fingerprint density at radius 3 is 2.97 bits per heavy atom. The maximum Gasteiger partial charge on any atom is 0.262 e. The molecule has 5 rings (SSSR count). The quantitative estimate of drug-likeness (QED) is 0.591. The molecular formula is C23H25N3O4S. The first kappa shape index (κ1) is 20.4. The Morgan fingerprint density at radius 2 is 2.16 bits per heavy atom. The molecule has 0 N–H and O–H groups in total. The lowest BCUT2D eigenvalue weighted by Gasteiger charge is -2.27. The van der Waals surface area contributed by atoms with E-state index in [1.54, 1.807) is 10.9 Å². The molecule has 1 saturated heterocycles. The van der Waals surface area contributed by atoms with E-state index in [0.717, 1.165) is 40.3 Å². The molecule has 0 aliphatic carbocycles. The van der Waals surface area contributed by atoms with E-state index in [4.69, 9.17) is 9.47 Å². The largest absolute Gasteiger partial charge is 0.376 e. The number of nitrogens with zero attached hydrogens (tertiary/aromatic N) is 3. The first-order valence-electron chi connectivity index (χ1n) is 10.7. The van der Waals surface area contributed by atoms with Gasteiger partial charge in [0.25, 0.3) is 5.56 Å². The number of fused-ring (bicyclic) bond motifs is 3. The summed E-state index contributed by atoms with van der Waals surface area (Å²) in [4.78, 5) is 33.9. The van der Waals surface area contributed by atoms with Gasteiger partial charge in [0.15, 0.2) is 0 Å². The van der Waals surface area contributed by atoms with Crippen molar-refractivity contribution in [1.29, 1.82) is 0 Å². The molecule has 2 aliphatic heterocycles. The van der Waals surface area contributed by atoms with E-state index in [2.05, 4.69) is 4.98 Å². The zero-order valence-corrected chi connectivity index (χ0v) is 18.1. The van der Waals surface area contributed by atoms with Gasteiger partial charge in [0.1, 0.15) is 11.4 Å². The Morgan fingerprint density at radius 1 is 1.29 bits per heavy atom. The second kappa shape index (κ2) is 8.90. The summed E-state index contributed by atoms with van der Waals surface area (Å²) in [6.07, 6.45) is 4.42. The lowest BCUT2D eigenvalue weighted by Crippen LogP contribution is -2.38. The van der Waals surface area contributed by atoms with Crippen molar-refractivity contribution >= 4 is 27.5 Å². The van der Waals surface area contributed by atoms with Crippen LogP contribution in [0.1, 0.15) is 28.8 Å². The van der Waals surface area contributed by atoms with Crippen molar-refractivity contribution in [1.82, 2.24) is 14.5 Å². The number of aromatic nitrogens is 2. The van der Waals surface area contributed by atoms with E-state index in [0.29, 0.717) is 38.0 Å². The third kappa shape index (κ3) is 4.28. The summed E-state index contributed by atoms with van der Waals surface area (Å²) in [6.45, 7) is 2.89. The predicted octanol–water partition coefficient (Wildman–Crippen LogP) is 2.74. The highest BCUT2D eigenvalue weighted by molar-refractivity contribution is 7.18. The highest BCUT2D eigenvalue weighted by Gasteiger charge is 2.27. The number of hydrogen-bond donors (Lipinski definition) is 0. The Kier molecular flexibility index (Phi) is 5.85. The summed E-state index contributed by atoms with van der Waals surface area (Å²) in [5.74, 6) is -0.0252. The van der Waals surface area contributed by atoms with Crippen LogP contribution >= 0.6 is 11.3 Å². The number of rotatable bonds is 6. The number of amides is 1. The van der Waals surface area contributed by atoms with Crippen LogP contribution in [-0.2, 0) is 40.4 Å². The normalized spacial score (nSPS) is 18.5. The number of benzene rings is 1. The van der Waals surface area contributed by atoms with Crippen molar-refractivity contribution in [3.05, 3.63) is 63.0 Å². The van der Waals surface area contributed by atoms with Crippen LogP contribution in [0.2, 0.25) is 0 Å². The molecule has 162 valence electrons. The molecule has 1 amide bonds. The Bertz CT molecular complexity index is 1130. The minimum absolute atomic E-state index is 0.00368. The van der Waals surface area contributed by atoms with Gasteiger partial charge in [-0.15, -0.1) is 11.3 Å². The fraction of sp³-hybridized carbons (Fsp3) is 0.435. The number of ether oxygens (including phenoxy) is 2. The molecule has 0 spiro atoms. The van der Waals surface area contributed by atoms with Gasteiger partial charge < -0.3 is 14.4 Å². The SMILES string of the molecule is O=C(COCc1ccccc1)N1CCc2c(sc3ncn(CC4CCCO4)c(=O)c23)C1. The first-order valence-corrected chi connectivity index (χ1v) is 11.5. The lowest BCUT2D eigenvalue weighted by atomic mass is 10.1. The third-order valence-electron chi connectivity index (χ3n) is 5.94. The van der Waals surface area contributed by atoms with Gasteiger partial charge in [-0.3, -0.25) is 14.2 Å². The van der Waals surface area contributed by atoms with E-state index in [1.807, 2.05) is 35.2 Å². The predicted molar refractivity (Wildman–Crippen MR) is 118 cm³/mol. The van der Waals surface area contributed by atoms with Gasteiger partial charge in [0, 0.05) is 18.0 Å². The van der Waals surface area contributed by atoms with Crippen molar-refractivity contribution in [2.45, 2.75) is 45.1 Å². The zero-order valence-electron chi connectivity index (χ0n) is 17.3. The monoisotopic (exact) mass is 439 g/mol. The average molecular weight is 440 g/mol. The molecule has 2 aromatic heterocycles. The van der Waals surface area contributed by atoms with Crippen LogP contribution in [0.15, 0.2) is 41.5 Å². The maximum absolute atomic E-state index is 13.1. The van der Waals surface area contributed by atoms with Gasteiger partial charge in [-0.2, -0.15) is 0 Å². The molecule has 3 aromatic rings. The fourth-order valence-electron chi connectivity index (χ4n) is 4.29. The van der Waals surface area contributed by atoms with Gasteiger partial charge >= 0.3 is 0 Å². The third-order valence-corrected chi connectivity index (χ3v) is 7.07. The fourth-order valence-corrected chi connectivity index (χ4v) is 5.48. The summed E-state index contributed by atoms with van der Waals surface area (Å²) in [6, 6.07) is 9.83. The second-order valence-electron chi connectivity index (χ2n) is 8.06. The molecule has 4 heterocycles. The Balaban J connectivity index is 1.27. The van der Waals surface area contributed by atoms with Crippen LogP contribution in [0, 0.1) is 0 Å². The Hall–Kier alpha value is -2.55. The number of carbonyl (C=O) groups excluding carboxylic acids is 1. The highest BCUT2D eigenvalue weighted by atomic mass is 32.1. The van der Waals surface area contributed by atoms with Crippen LogP contribution in [0.3, 0.4) is 0 Å². The molecule has 31 heavy (non-hydrogen) atoms. The molecule has 0 radical (unpaired) electrons. The summed E-state index contributed by atoms with van der Waals surface area (Å²) in [5.41, 5.74) is 2.10. The number of hydrogen-bond acceptors (Lipinski definition) is 6. The molecular weight excluding hydrogens is 414 g/mol. The average Bonchev–Trinajstić information content (AvgIpc) is 3.43. The van der Waals surface area contributed by atoms with E-state index >= 15 is 0 Å². The van der Waals surface area contributed by atoms with Gasteiger partial charge in [-0.05, 0) is 30.4 Å². The lowest BCUT2D eigenvalue weighted by molar-refractivity contribution is -0.137. The molecule has 1 fully saturated rings. The molecule has 7 nitrogen and oxygen atoms in total. The minimum Gasteiger partial charge on any atom is -0.376 e. The van der Waals surface area contributed by atoms with Crippen LogP contribution in [0.4, 0.5) is 0 Å². The topological polar surface area (TPSA) is 73.7 Å². The van der Waals surface area contributed by atoms with Crippen molar-refractivity contribution in [2.24, 2.45) is 0 Å². The molecule has 8 heteroatoms. The summed E-state index contributed by atoms with van der Waals surface area (Å²) in [5, 5.41) is 0.716. The van der Waals surface area contributed by atoms with Gasteiger partial charge in [-0.1, -0.05) is 30.3 Å². The molecule has 0 saturated carbocycles. The zero-order chi connectivity index (χ0) is 21.2. The molecule has 2 aliphatic rings. The summed E-state index contributed by atoms with van der Waals surface area (Å²) < 4.78 is 13.0. The molecule has 1 unspecified atom stereocenters. The maximum atomic E-state index is 13.1. The van der Waals surface area contributed by atoms with Crippen molar-refractivity contribution in [3.63, 3.8) is 0 Å². The van der Waals surface area contributed by atoms with Gasteiger partial charge in [0.05, 0.1) is 37.5 Å². The second-order valence-corrected chi connectivity index (χ2v) is 9.15. The van der Waals surface area contributed by atoms with Crippen molar-refractivity contribution in [3.8, 4) is 0 Å².